The van der Waals surface area contributed by atoms with Gasteiger partial charge in [-0.1, -0.05) is 17.7 Å². The molecule has 0 radical (unpaired) electrons. The van der Waals surface area contributed by atoms with Gasteiger partial charge in [-0.2, -0.15) is 0 Å². The fourth-order valence-corrected chi connectivity index (χ4v) is 2.16. The van der Waals surface area contributed by atoms with Crippen LogP contribution in [-0.4, -0.2) is 35.9 Å². The molecule has 1 unspecified atom stereocenters. The molecule has 2 rings (SSSR count). The summed E-state index contributed by atoms with van der Waals surface area (Å²) in [5, 5.41) is 14.6. The van der Waals surface area contributed by atoms with Crippen molar-refractivity contribution < 1.29 is 19.4 Å². The van der Waals surface area contributed by atoms with Crippen molar-refractivity contribution in [2.75, 3.05) is 18.5 Å². The van der Waals surface area contributed by atoms with E-state index in [4.69, 9.17) is 16.3 Å². The van der Waals surface area contributed by atoms with Crippen molar-refractivity contribution in [3.05, 3.63) is 28.8 Å². The normalized spacial score (nSPS) is 21.5. The van der Waals surface area contributed by atoms with E-state index in [2.05, 4.69) is 10.6 Å². The first-order chi connectivity index (χ1) is 9.43. The summed E-state index contributed by atoms with van der Waals surface area (Å²) in [4.78, 5) is 23.2. The molecule has 0 saturated carbocycles. The summed E-state index contributed by atoms with van der Waals surface area (Å²) < 4.78 is 5.07. The van der Waals surface area contributed by atoms with Crippen LogP contribution >= 0.6 is 11.6 Å². The van der Waals surface area contributed by atoms with Crippen LogP contribution in [0, 0.1) is 6.92 Å². The number of carbonyl (C=O) groups is 2. The first-order valence-corrected chi connectivity index (χ1v) is 6.47. The number of halogens is 1. The summed E-state index contributed by atoms with van der Waals surface area (Å²) in [6, 6.07) is 4.57. The molecule has 1 fully saturated rings. The van der Waals surface area contributed by atoms with Crippen LogP contribution < -0.4 is 10.6 Å². The minimum Gasteiger partial charge on any atom is -0.479 e. The Bertz CT molecular complexity index is 541. The van der Waals surface area contributed by atoms with Crippen molar-refractivity contribution in [3.63, 3.8) is 0 Å². The van der Waals surface area contributed by atoms with Crippen molar-refractivity contribution in [3.8, 4) is 0 Å². The van der Waals surface area contributed by atoms with Gasteiger partial charge in [0.05, 0.1) is 17.3 Å². The van der Waals surface area contributed by atoms with Gasteiger partial charge in [-0.15, -0.1) is 0 Å². The van der Waals surface area contributed by atoms with Crippen LogP contribution in [0.4, 0.5) is 10.5 Å². The zero-order valence-electron chi connectivity index (χ0n) is 10.9. The summed E-state index contributed by atoms with van der Waals surface area (Å²) in [6.45, 7) is 2.12. The Morgan fingerprint density at radius 2 is 2.20 bits per heavy atom. The van der Waals surface area contributed by atoms with Crippen LogP contribution in [0.5, 0.6) is 0 Å². The number of carbonyl (C=O) groups excluding carboxylic acids is 1. The third-order valence-electron chi connectivity index (χ3n) is 3.15. The van der Waals surface area contributed by atoms with Crippen molar-refractivity contribution in [1.29, 1.82) is 0 Å². The number of benzene rings is 1. The van der Waals surface area contributed by atoms with E-state index < -0.39 is 17.5 Å². The average molecular weight is 299 g/mol. The highest BCUT2D eigenvalue weighted by molar-refractivity contribution is 6.33. The number of hydrogen-bond acceptors (Lipinski definition) is 3. The Labute approximate surface area is 121 Å². The molecule has 7 heteroatoms. The Kier molecular flexibility index (Phi) is 4.15. The molecule has 1 heterocycles. The van der Waals surface area contributed by atoms with Crippen molar-refractivity contribution in [2.24, 2.45) is 0 Å². The zero-order chi connectivity index (χ0) is 14.8. The quantitative estimate of drug-likeness (QED) is 0.796. The Morgan fingerprint density at radius 3 is 2.80 bits per heavy atom. The molecule has 1 aromatic carbocycles. The second-order valence-electron chi connectivity index (χ2n) is 4.75. The van der Waals surface area contributed by atoms with Gasteiger partial charge in [-0.25, -0.2) is 9.59 Å². The van der Waals surface area contributed by atoms with Gasteiger partial charge in [0.1, 0.15) is 0 Å². The first kappa shape index (κ1) is 14.6. The van der Waals surface area contributed by atoms with Crippen LogP contribution in [0.25, 0.3) is 0 Å². The van der Waals surface area contributed by atoms with Crippen molar-refractivity contribution in [2.45, 2.75) is 18.9 Å². The Balaban J connectivity index is 2.08. The van der Waals surface area contributed by atoms with Gasteiger partial charge >= 0.3 is 12.0 Å². The minimum atomic E-state index is -1.37. The second kappa shape index (κ2) is 5.68. The van der Waals surface area contributed by atoms with Crippen LogP contribution in [0.3, 0.4) is 0 Å². The predicted octanol–water partition coefficient (Wildman–Crippen LogP) is 2.01. The summed E-state index contributed by atoms with van der Waals surface area (Å²) >= 11 is 5.97. The van der Waals surface area contributed by atoms with Gasteiger partial charge in [-0.05, 0) is 24.6 Å². The lowest BCUT2D eigenvalue weighted by Crippen LogP contribution is -2.56. The predicted molar refractivity (Wildman–Crippen MR) is 74.1 cm³/mol. The van der Waals surface area contributed by atoms with E-state index in [9.17, 15) is 14.7 Å². The summed E-state index contributed by atoms with van der Waals surface area (Å²) in [7, 11) is 0. The maximum absolute atomic E-state index is 11.9. The molecule has 1 aromatic rings. The molecule has 1 aliphatic heterocycles. The van der Waals surface area contributed by atoms with Crippen molar-refractivity contribution in [1.82, 2.24) is 5.32 Å². The number of urea groups is 1. The minimum absolute atomic E-state index is 0.0443. The topological polar surface area (TPSA) is 87.7 Å². The van der Waals surface area contributed by atoms with Crippen LogP contribution in [-0.2, 0) is 9.53 Å². The van der Waals surface area contributed by atoms with Gasteiger partial charge in [0.15, 0.2) is 5.54 Å². The lowest BCUT2D eigenvalue weighted by atomic mass is 9.99. The molecule has 6 nitrogen and oxygen atoms in total. The number of ether oxygens (including phenoxy) is 1. The summed E-state index contributed by atoms with van der Waals surface area (Å²) in [5.74, 6) is -1.11. The number of hydrogen-bond donors (Lipinski definition) is 3. The molecule has 1 aliphatic rings. The molecule has 0 aromatic heterocycles. The van der Waals surface area contributed by atoms with Crippen LogP contribution in [0.1, 0.15) is 12.0 Å². The Morgan fingerprint density at radius 1 is 1.45 bits per heavy atom. The van der Waals surface area contributed by atoms with E-state index in [-0.39, 0.29) is 13.0 Å². The number of carboxylic acids is 1. The van der Waals surface area contributed by atoms with Crippen LogP contribution in [0.2, 0.25) is 5.02 Å². The molecule has 0 bridgehead atoms. The molecular formula is C13H15ClN2O4. The third-order valence-corrected chi connectivity index (χ3v) is 3.48. The smallest absolute Gasteiger partial charge is 0.332 e. The molecule has 20 heavy (non-hydrogen) atoms. The van der Waals surface area contributed by atoms with Gasteiger partial charge in [-0.3, -0.25) is 0 Å². The van der Waals surface area contributed by atoms with E-state index in [1.54, 1.807) is 12.1 Å². The molecule has 1 atom stereocenters. The monoisotopic (exact) mass is 298 g/mol. The number of nitrogens with one attached hydrogen (secondary N) is 2. The molecule has 3 N–H and O–H groups in total. The first-order valence-electron chi connectivity index (χ1n) is 6.09. The number of carboxylic acid groups (broad SMARTS) is 1. The fourth-order valence-electron chi connectivity index (χ4n) is 1.99. The highest BCUT2D eigenvalue weighted by Crippen LogP contribution is 2.23. The van der Waals surface area contributed by atoms with Gasteiger partial charge in [0.25, 0.3) is 0 Å². The van der Waals surface area contributed by atoms with Gasteiger partial charge in [0.2, 0.25) is 0 Å². The highest BCUT2D eigenvalue weighted by atomic mass is 35.5. The highest BCUT2D eigenvalue weighted by Gasteiger charge is 2.44. The second-order valence-corrected chi connectivity index (χ2v) is 5.16. The maximum Gasteiger partial charge on any atom is 0.332 e. The van der Waals surface area contributed by atoms with Crippen LogP contribution in [0.15, 0.2) is 18.2 Å². The molecule has 0 aliphatic carbocycles. The fraction of sp³-hybridized carbons (Fsp3) is 0.385. The summed E-state index contributed by atoms with van der Waals surface area (Å²) in [5.41, 5.74) is -0.00844. The average Bonchev–Trinajstić information content (AvgIpc) is 2.83. The van der Waals surface area contributed by atoms with E-state index in [0.717, 1.165) is 5.56 Å². The van der Waals surface area contributed by atoms with E-state index in [1.807, 2.05) is 13.0 Å². The molecule has 2 amide bonds. The lowest BCUT2D eigenvalue weighted by molar-refractivity contribution is -0.144. The number of aliphatic carboxylic acids is 1. The van der Waals surface area contributed by atoms with E-state index in [1.165, 1.54) is 0 Å². The standard InChI is InChI=1S/C13H15ClN2O4/c1-8-2-3-9(14)10(6-8)15-12(19)16-13(11(17)18)4-5-20-7-13/h2-3,6H,4-5,7H2,1H3,(H,17,18)(H2,15,16,19). The third kappa shape index (κ3) is 3.02. The molecule has 1 saturated heterocycles. The molecular weight excluding hydrogens is 284 g/mol. The zero-order valence-corrected chi connectivity index (χ0v) is 11.7. The van der Waals surface area contributed by atoms with Gasteiger partial charge in [0, 0.05) is 13.0 Å². The largest absolute Gasteiger partial charge is 0.479 e. The summed E-state index contributed by atoms with van der Waals surface area (Å²) in [6.07, 6.45) is 0.233. The van der Waals surface area contributed by atoms with E-state index in [0.29, 0.717) is 17.3 Å². The molecule has 108 valence electrons. The maximum atomic E-state index is 11.9. The number of anilines is 1. The molecule has 0 spiro atoms. The number of amides is 2. The number of rotatable bonds is 3. The Hall–Kier alpha value is -1.79. The lowest BCUT2D eigenvalue weighted by Gasteiger charge is -2.24. The van der Waals surface area contributed by atoms with Crippen molar-refractivity contribution >= 4 is 29.3 Å². The van der Waals surface area contributed by atoms with E-state index >= 15 is 0 Å². The SMILES string of the molecule is Cc1ccc(Cl)c(NC(=O)NC2(C(=O)O)CCOC2)c1. The van der Waals surface area contributed by atoms with Gasteiger partial charge < -0.3 is 20.5 Å². The number of aryl methyl sites for hydroxylation is 1.